The maximum atomic E-state index is 13.5. The summed E-state index contributed by atoms with van der Waals surface area (Å²) in [7, 11) is 0. The van der Waals surface area contributed by atoms with Crippen molar-refractivity contribution in [2.75, 3.05) is 0 Å². The third-order valence-corrected chi connectivity index (χ3v) is 10.9. The Labute approximate surface area is 281 Å². The van der Waals surface area contributed by atoms with Crippen LogP contribution in [0.25, 0.3) is 11.0 Å². The zero-order chi connectivity index (χ0) is 32.2. The van der Waals surface area contributed by atoms with Crippen LogP contribution in [0.15, 0.2) is 162 Å². The SMILES string of the molecule is O=C1C2=CC=CCC2OC2=C1C=C(C1=CC=CC(C3=CCCC=C3C3=CCCC(C4=CCc5oc6ccccc6c(=O)c5C4)=C3)C1)CC2. The van der Waals surface area contributed by atoms with Crippen LogP contribution >= 0.6 is 0 Å². The Hall–Kier alpha value is -4.96. The van der Waals surface area contributed by atoms with E-state index in [9.17, 15) is 9.59 Å². The van der Waals surface area contributed by atoms with E-state index in [-0.39, 0.29) is 23.2 Å². The Bertz CT molecular complexity index is 2190. The highest BCUT2D eigenvalue weighted by molar-refractivity contribution is 6.12. The lowest BCUT2D eigenvalue weighted by atomic mass is 9.75. The summed E-state index contributed by atoms with van der Waals surface area (Å²) in [5.74, 6) is 2.07. The van der Waals surface area contributed by atoms with Gasteiger partial charge in [0, 0.05) is 42.7 Å². The Morgan fingerprint density at radius 3 is 2.62 bits per heavy atom. The topological polar surface area (TPSA) is 56.5 Å². The molecule has 2 unspecified atom stereocenters. The smallest absolute Gasteiger partial charge is 0.196 e. The molecule has 6 aliphatic carbocycles. The molecule has 0 saturated carbocycles. The van der Waals surface area contributed by atoms with E-state index >= 15 is 0 Å². The van der Waals surface area contributed by atoms with Crippen molar-refractivity contribution in [2.45, 2.75) is 70.3 Å². The number of ether oxygens (including phenoxy) is 1. The molecule has 0 spiro atoms. The second-order valence-electron chi connectivity index (χ2n) is 13.8. The summed E-state index contributed by atoms with van der Waals surface area (Å²) < 4.78 is 12.5. The second kappa shape index (κ2) is 11.9. The number of ketones is 1. The van der Waals surface area contributed by atoms with Gasteiger partial charge in [0.15, 0.2) is 11.2 Å². The van der Waals surface area contributed by atoms with E-state index in [2.05, 4.69) is 60.8 Å². The number of carbonyl (C=O) groups is 1. The van der Waals surface area contributed by atoms with Crippen LogP contribution in [0.5, 0.6) is 0 Å². The van der Waals surface area contributed by atoms with Gasteiger partial charge in [-0.1, -0.05) is 79.0 Å². The van der Waals surface area contributed by atoms with E-state index in [0.29, 0.717) is 23.8 Å². The third kappa shape index (κ3) is 5.06. The Morgan fingerprint density at radius 1 is 0.771 bits per heavy atom. The molecular formula is C44H38O4. The van der Waals surface area contributed by atoms with Crippen LogP contribution in [0.4, 0.5) is 0 Å². The van der Waals surface area contributed by atoms with Gasteiger partial charge >= 0.3 is 0 Å². The zero-order valence-electron chi connectivity index (χ0n) is 27.1. The standard InChI is InChI=1S/C44H38O4/c45-43-35-15-3-5-17-39(35)47-41-21-19-29(25-37(41)43)27-9-7-11-31(23-27)33-13-1-2-14-34(33)32-12-8-10-28(24-32)30-20-22-42-38(26-30)44(46)36-16-4-6-18-40(36)48-42/h3-7,9,11-16,18,20,24-25,31,39H,1-2,8,10,17,19,21-23,26H2. The maximum Gasteiger partial charge on any atom is 0.196 e. The van der Waals surface area contributed by atoms with Crippen LogP contribution in [0.3, 0.4) is 0 Å². The normalized spacial score (nSPS) is 24.9. The van der Waals surface area contributed by atoms with Crippen molar-refractivity contribution in [1.82, 2.24) is 0 Å². The lowest BCUT2D eigenvalue weighted by Gasteiger charge is -2.33. The molecule has 0 bridgehead atoms. The first kappa shape index (κ1) is 29.2. The summed E-state index contributed by atoms with van der Waals surface area (Å²) >= 11 is 0. The van der Waals surface area contributed by atoms with Crippen molar-refractivity contribution in [3.8, 4) is 0 Å². The van der Waals surface area contributed by atoms with E-state index in [1.54, 1.807) is 0 Å². The van der Waals surface area contributed by atoms with Gasteiger partial charge in [0.2, 0.25) is 0 Å². The molecule has 0 fully saturated rings. The monoisotopic (exact) mass is 630 g/mol. The number of para-hydroxylation sites is 1. The van der Waals surface area contributed by atoms with Crippen LogP contribution in [0.1, 0.15) is 62.7 Å². The van der Waals surface area contributed by atoms with E-state index in [1.165, 1.54) is 39.0 Å². The van der Waals surface area contributed by atoms with Crippen LogP contribution < -0.4 is 5.43 Å². The summed E-state index contributed by atoms with van der Waals surface area (Å²) in [6, 6.07) is 7.57. The summed E-state index contributed by atoms with van der Waals surface area (Å²) in [4.78, 5) is 26.9. The van der Waals surface area contributed by atoms with Crippen LogP contribution in [-0.2, 0) is 22.4 Å². The van der Waals surface area contributed by atoms with Crippen molar-refractivity contribution in [3.63, 3.8) is 0 Å². The lowest BCUT2D eigenvalue weighted by molar-refractivity contribution is -0.114. The van der Waals surface area contributed by atoms with Gasteiger partial charge in [-0.3, -0.25) is 9.59 Å². The molecule has 0 N–H and O–H groups in total. The highest BCUT2D eigenvalue weighted by atomic mass is 16.5. The number of hydrogen-bond donors (Lipinski definition) is 0. The lowest BCUT2D eigenvalue weighted by Crippen LogP contribution is -2.30. The molecule has 1 aliphatic heterocycles. The molecule has 238 valence electrons. The van der Waals surface area contributed by atoms with E-state index in [1.807, 2.05) is 36.4 Å². The van der Waals surface area contributed by atoms with Crippen LogP contribution in [0, 0.1) is 5.92 Å². The number of benzene rings is 1. The fourth-order valence-corrected chi connectivity index (χ4v) is 8.44. The van der Waals surface area contributed by atoms with Gasteiger partial charge in [0.25, 0.3) is 0 Å². The van der Waals surface area contributed by atoms with Crippen LogP contribution in [-0.4, -0.2) is 11.9 Å². The highest BCUT2D eigenvalue weighted by Gasteiger charge is 2.35. The van der Waals surface area contributed by atoms with Crippen molar-refractivity contribution < 1.29 is 13.9 Å². The molecule has 48 heavy (non-hydrogen) atoms. The Morgan fingerprint density at radius 2 is 1.67 bits per heavy atom. The Balaban J connectivity index is 0.951. The van der Waals surface area contributed by atoms with Crippen molar-refractivity contribution in [2.24, 2.45) is 5.92 Å². The average Bonchev–Trinajstić information content (AvgIpc) is 3.15. The fraction of sp³-hybridized carbons (Fsp3) is 0.273. The van der Waals surface area contributed by atoms with Crippen molar-refractivity contribution in [1.29, 1.82) is 0 Å². The van der Waals surface area contributed by atoms with Gasteiger partial charge in [-0.25, -0.2) is 0 Å². The average molecular weight is 631 g/mol. The molecule has 2 atom stereocenters. The quantitative estimate of drug-likeness (QED) is 0.338. The predicted octanol–water partition coefficient (Wildman–Crippen LogP) is 9.44. The predicted molar refractivity (Wildman–Crippen MR) is 190 cm³/mol. The minimum Gasteiger partial charge on any atom is -0.489 e. The molecule has 1 aromatic heterocycles. The molecule has 0 saturated heterocycles. The first-order chi connectivity index (χ1) is 23.6. The fourth-order valence-electron chi connectivity index (χ4n) is 8.44. The van der Waals surface area contributed by atoms with Gasteiger partial charge in [-0.05, 0) is 95.7 Å². The number of fused-ring (bicyclic) bond motifs is 3. The summed E-state index contributed by atoms with van der Waals surface area (Å²) in [6.07, 6.45) is 35.4. The minimum absolute atomic E-state index is 0.103. The first-order valence-corrected chi connectivity index (χ1v) is 17.5. The molecule has 2 aromatic rings. The molecule has 1 aromatic carbocycles. The number of allylic oxidation sites excluding steroid dienone is 20. The molecule has 0 amide bonds. The minimum atomic E-state index is -0.130. The van der Waals surface area contributed by atoms with Crippen molar-refractivity contribution >= 4 is 16.8 Å². The first-order valence-electron chi connectivity index (χ1n) is 17.5. The number of hydrogen-bond acceptors (Lipinski definition) is 4. The summed E-state index contributed by atoms with van der Waals surface area (Å²) in [5.41, 5.74) is 12.3. The molecule has 0 radical (unpaired) electrons. The van der Waals surface area contributed by atoms with E-state index < -0.39 is 0 Å². The second-order valence-corrected chi connectivity index (χ2v) is 13.8. The van der Waals surface area contributed by atoms with E-state index in [0.717, 1.165) is 79.6 Å². The Kier molecular flexibility index (Phi) is 7.26. The van der Waals surface area contributed by atoms with Gasteiger partial charge in [0.05, 0.1) is 11.0 Å². The molecule has 2 heterocycles. The number of rotatable bonds is 4. The molecule has 9 rings (SSSR count). The molecule has 7 aliphatic rings. The van der Waals surface area contributed by atoms with Gasteiger partial charge < -0.3 is 9.15 Å². The molecule has 4 nitrogen and oxygen atoms in total. The van der Waals surface area contributed by atoms with Gasteiger partial charge in [-0.2, -0.15) is 0 Å². The molecular weight excluding hydrogens is 592 g/mol. The maximum absolute atomic E-state index is 13.5. The summed E-state index contributed by atoms with van der Waals surface area (Å²) in [6.45, 7) is 0. The van der Waals surface area contributed by atoms with E-state index in [4.69, 9.17) is 9.15 Å². The summed E-state index contributed by atoms with van der Waals surface area (Å²) in [5, 5.41) is 0.666. The van der Waals surface area contributed by atoms with Gasteiger partial charge in [0.1, 0.15) is 23.2 Å². The largest absolute Gasteiger partial charge is 0.489 e. The third-order valence-electron chi connectivity index (χ3n) is 10.9. The number of carbonyl (C=O) groups excluding carboxylic acids is 1. The highest BCUT2D eigenvalue weighted by Crippen LogP contribution is 2.43. The van der Waals surface area contributed by atoms with Crippen LogP contribution in [0.2, 0.25) is 0 Å². The molecule has 4 heteroatoms. The number of Topliss-reactive ketones (excluding diaryl/α,β-unsaturated/α-hetero) is 1. The van der Waals surface area contributed by atoms with Crippen molar-refractivity contribution in [3.05, 3.63) is 175 Å². The van der Waals surface area contributed by atoms with Gasteiger partial charge in [-0.15, -0.1) is 0 Å². The zero-order valence-corrected chi connectivity index (χ0v) is 27.1.